The van der Waals surface area contributed by atoms with E-state index in [0.29, 0.717) is 30.8 Å². The number of nitrogens with one attached hydrogen (secondary N) is 1. The molecule has 5 rings (SSSR count). The van der Waals surface area contributed by atoms with Crippen molar-refractivity contribution in [2.45, 2.75) is 52.1 Å². The standard InChI is InChI=1S/C31H39BrN6O5/c1-31(2,3)43-30(40)34-18-20-10-14-37(15-11-20)25-17-23(32)7-8-24(25)28-36-35-27(42-28)21-9-12-33-26(16-21)38-13-5-6-22(19-38)29(39)41-4/h7-9,12,16-17,20,22H,5-6,10-11,13-15,18-19H2,1-4H3,(H,34,40). The second-order valence-electron chi connectivity index (χ2n) is 12.1. The number of ether oxygens (including phenoxy) is 2. The van der Waals surface area contributed by atoms with Crippen LogP contribution in [0.1, 0.15) is 46.5 Å². The summed E-state index contributed by atoms with van der Waals surface area (Å²) in [5.41, 5.74) is 2.13. The van der Waals surface area contributed by atoms with Gasteiger partial charge in [-0.3, -0.25) is 4.79 Å². The number of benzene rings is 1. The molecule has 2 aliphatic heterocycles. The Morgan fingerprint density at radius 3 is 2.56 bits per heavy atom. The van der Waals surface area contributed by atoms with E-state index < -0.39 is 5.60 Å². The SMILES string of the molecule is COC(=O)C1CCCN(c2cc(-c3nnc(-c4ccc(Br)cc4N4CCC(CNC(=O)OC(C)(C)C)CC4)o3)ccn2)C1. The molecule has 0 spiro atoms. The minimum atomic E-state index is -0.512. The quantitative estimate of drug-likeness (QED) is 0.318. The van der Waals surface area contributed by atoms with Crippen molar-refractivity contribution in [2.75, 3.05) is 49.6 Å². The molecule has 2 saturated heterocycles. The van der Waals surface area contributed by atoms with Gasteiger partial charge >= 0.3 is 12.1 Å². The number of rotatable bonds is 7. The van der Waals surface area contributed by atoms with Gasteiger partial charge in [-0.05, 0) is 82.7 Å². The number of halogens is 1. The first-order valence-corrected chi connectivity index (χ1v) is 15.5. The minimum absolute atomic E-state index is 0.165. The minimum Gasteiger partial charge on any atom is -0.469 e. The Bertz CT molecular complexity index is 1430. The lowest BCUT2D eigenvalue weighted by atomic mass is 9.96. The van der Waals surface area contributed by atoms with Crippen molar-refractivity contribution in [1.82, 2.24) is 20.5 Å². The maximum Gasteiger partial charge on any atom is 0.407 e. The number of carbonyl (C=O) groups excluding carboxylic acids is 2. The van der Waals surface area contributed by atoms with Crippen LogP contribution in [-0.2, 0) is 14.3 Å². The van der Waals surface area contributed by atoms with Gasteiger partial charge in [0.1, 0.15) is 11.4 Å². The van der Waals surface area contributed by atoms with E-state index in [0.717, 1.165) is 72.4 Å². The average molecular weight is 656 g/mol. The molecule has 0 aliphatic carbocycles. The number of aromatic nitrogens is 3. The lowest BCUT2D eigenvalue weighted by molar-refractivity contribution is -0.145. The number of alkyl carbamates (subject to hydrolysis) is 1. The fourth-order valence-corrected chi connectivity index (χ4v) is 5.93. The van der Waals surface area contributed by atoms with Crippen LogP contribution in [0.15, 0.2) is 45.4 Å². The molecule has 0 radical (unpaired) electrons. The number of hydrogen-bond donors (Lipinski definition) is 1. The van der Waals surface area contributed by atoms with Gasteiger partial charge in [-0.25, -0.2) is 9.78 Å². The van der Waals surface area contributed by atoms with E-state index in [2.05, 4.69) is 52.3 Å². The molecule has 1 unspecified atom stereocenters. The first-order valence-electron chi connectivity index (χ1n) is 14.7. The van der Waals surface area contributed by atoms with Crippen LogP contribution in [0.4, 0.5) is 16.3 Å². The van der Waals surface area contributed by atoms with E-state index in [9.17, 15) is 9.59 Å². The predicted molar refractivity (Wildman–Crippen MR) is 167 cm³/mol. The highest BCUT2D eigenvalue weighted by Crippen LogP contribution is 2.36. The van der Waals surface area contributed by atoms with Gasteiger partial charge in [-0.1, -0.05) is 15.9 Å². The summed E-state index contributed by atoms with van der Waals surface area (Å²) in [4.78, 5) is 33.2. The highest BCUT2D eigenvalue weighted by Gasteiger charge is 2.28. The smallest absolute Gasteiger partial charge is 0.407 e. The van der Waals surface area contributed by atoms with Crippen molar-refractivity contribution in [2.24, 2.45) is 11.8 Å². The fraction of sp³-hybridized carbons (Fsp3) is 0.516. The van der Waals surface area contributed by atoms with Crippen LogP contribution >= 0.6 is 15.9 Å². The number of pyridine rings is 1. The van der Waals surface area contributed by atoms with Crippen LogP contribution in [0, 0.1) is 11.8 Å². The van der Waals surface area contributed by atoms with E-state index in [1.165, 1.54) is 7.11 Å². The summed E-state index contributed by atoms with van der Waals surface area (Å²) in [6, 6.07) is 9.82. The monoisotopic (exact) mass is 654 g/mol. The molecule has 1 N–H and O–H groups in total. The van der Waals surface area contributed by atoms with Gasteiger partial charge < -0.3 is 29.0 Å². The van der Waals surface area contributed by atoms with Crippen LogP contribution in [0.3, 0.4) is 0 Å². The summed E-state index contributed by atoms with van der Waals surface area (Å²) in [6.45, 7) is 9.22. The van der Waals surface area contributed by atoms with Crippen molar-refractivity contribution in [1.29, 1.82) is 0 Å². The highest BCUT2D eigenvalue weighted by atomic mass is 79.9. The highest BCUT2D eigenvalue weighted by molar-refractivity contribution is 9.10. The summed E-state index contributed by atoms with van der Waals surface area (Å²) in [5, 5.41) is 11.7. The lowest BCUT2D eigenvalue weighted by Crippen LogP contribution is -2.40. The molecular weight excluding hydrogens is 616 g/mol. The number of nitrogens with zero attached hydrogens (tertiary/aromatic N) is 5. The van der Waals surface area contributed by atoms with Gasteiger partial charge in [0.05, 0.1) is 24.3 Å². The van der Waals surface area contributed by atoms with Crippen molar-refractivity contribution in [3.63, 3.8) is 0 Å². The van der Waals surface area contributed by atoms with Gasteiger partial charge in [0.25, 0.3) is 0 Å². The molecule has 1 aromatic carbocycles. The second-order valence-corrected chi connectivity index (χ2v) is 13.0. The van der Waals surface area contributed by atoms with Crippen LogP contribution in [0.2, 0.25) is 0 Å². The first-order chi connectivity index (χ1) is 20.6. The largest absolute Gasteiger partial charge is 0.469 e. The Kier molecular flexibility index (Phi) is 9.53. The van der Waals surface area contributed by atoms with Gasteiger partial charge in [-0.15, -0.1) is 10.2 Å². The Morgan fingerprint density at radius 1 is 1.05 bits per heavy atom. The summed E-state index contributed by atoms with van der Waals surface area (Å²) in [5.74, 6) is 1.63. The average Bonchev–Trinajstić information content (AvgIpc) is 3.49. The molecule has 2 aromatic heterocycles. The summed E-state index contributed by atoms with van der Waals surface area (Å²) in [7, 11) is 1.43. The van der Waals surface area contributed by atoms with Crippen LogP contribution in [-0.4, -0.2) is 72.7 Å². The van der Waals surface area contributed by atoms with Gasteiger partial charge in [0.15, 0.2) is 0 Å². The number of methoxy groups -OCH3 is 1. The molecule has 1 atom stereocenters. The molecule has 2 aliphatic rings. The van der Waals surface area contributed by atoms with Crippen molar-refractivity contribution < 1.29 is 23.5 Å². The normalized spacial score (nSPS) is 17.9. The number of piperidine rings is 2. The third kappa shape index (κ3) is 7.84. The van der Waals surface area contributed by atoms with E-state index in [-0.39, 0.29) is 18.0 Å². The van der Waals surface area contributed by atoms with Gasteiger partial charge in [0.2, 0.25) is 11.8 Å². The first kappa shape index (κ1) is 30.8. The summed E-state index contributed by atoms with van der Waals surface area (Å²) < 4.78 is 17.5. The maximum atomic E-state index is 12.1. The third-order valence-corrected chi connectivity index (χ3v) is 8.27. The topological polar surface area (TPSA) is 123 Å². The molecule has 4 heterocycles. The number of esters is 1. The van der Waals surface area contributed by atoms with Gasteiger partial charge in [0, 0.05) is 49.0 Å². The van der Waals surface area contributed by atoms with Crippen molar-refractivity contribution in [3.8, 4) is 22.9 Å². The zero-order valence-corrected chi connectivity index (χ0v) is 26.7. The van der Waals surface area contributed by atoms with E-state index in [4.69, 9.17) is 13.9 Å². The van der Waals surface area contributed by atoms with E-state index >= 15 is 0 Å². The Labute approximate surface area is 260 Å². The molecule has 1 amide bonds. The lowest BCUT2D eigenvalue weighted by Gasteiger charge is -2.34. The van der Waals surface area contributed by atoms with Crippen molar-refractivity contribution >= 4 is 39.5 Å². The van der Waals surface area contributed by atoms with Crippen LogP contribution < -0.4 is 15.1 Å². The summed E-state index contributed by atoms with van der Waals surface area (Å²) in [6.07, 6.45) is 4.92. The van der Waals surface area contributed by atoms with Crippen LogP contribution in [0.25, 0.3) is 22.9 Å². The Morgan fingerprint density at radius 2 is 1.81 bits per heavy atom. The molecule has 0 saturated carbocycles. The van der Waals surface area contributed by atoms with Crippen molar-refractivity contribution in [3.05, 3.63) is 41.0 Å². The van der Waals surface area contributed by atoms with E-state index in [1.54, 1.807) is 6.20 Å². The summed E-state index contributed by atoms with van der Waals surface area (Å²) >= 11 is 3.62. The number of carbonyl (C=O) groups is 2. The molecule has 11 nitrogen and oxygen atoms in total. The van der Waals surface area contributed by atoms with E-state index in [1.807, 2.05) is 45.0 Å². The Balaban J connectivity index is 1.27. The molecular formula is C31H39BrN6O5. The second kappa shape index (κ2) is 13.3. The molecule has 12 heteroatoms. The predicted octanol–water partition coefficient (Wildman–Crippen LogP) is 5.69. The number of amides is 1. The van der Waals surface area contributed by atoms with Gasteiger partial charge in [-0.2, -0.15) is 0 Å². The molecule has 43 heavy (non-hydrogen) atoms. The molecule has 3 aromatic rings. The van der Waals surface area contributed by atoms with Crippen LogP contribution in [0.5, 0.6) is 0 Å². The molecule has 230 valence electrons. The number of anilines is 2. The fourth-order valence-electron chi connectivity index (χ4n) is 5.58. The third-order valence-electron chi connectivity index (χ3n) is 7.78. The maximum absolute atomic E-state index is 12.1. The zero-order chi connectivity index (χ0) is 30.6. The number of hydrogen-bond acceptors (Lipinski definition) is 10. The molecule has 0 bridgehead atoms. The Hall–Kier alpha value is -3.67. The molecule has 2 fully saturated rings. The zero-order valence-electron chi connectivity index (χ0n) is 25.1.